The van der Waals surface area contributed by atoms with Crippen LogP contribution in [0, 0.1) is 5.92 Å². The van der Waals surface area contributed by atoms with Crippen molar-refractivity contribution in [2.24, 2.45) is 11.1 Å². The first kappa shape index (κ1) is 12.2. The van der Waals surface area contributed by atoms with Gasteiger partial charge in [0, 0.05) is 25.0 Å². The molecule has 0 spiro atoms. The third-order valence-corrected chi connectivity index (χ3v) is 3.80. The van der Waals surface area contributed by atoms with Gasteiger partial charge in [-0.25, -0.2) is 13.6 Å². The maximum absolute atomic E-state index is 11.3. The van der Waals surface area contributed by atoms with Crippen molar-refractivity contribution < 1.29 is 8.42 Å². The second-order valence-corrected chi connectivity index (χ2v) is 6.19. The summed E-state index contributed by atoms with van der Waals surface area (Å²) in [6, 6.07) is 4.70. The molecule has 5 nitrogen and oxygen atoms in total. The molecule has 1 saturated carbocycles. The first-order valence-corrected chi connectivity index (χ1v) is 7.05. The minimum absolute atomic E-state index is 0.0650. The fourth-order valence-corrected chi connectivity index (χ4v) is 2.37. The standard InChI is InChI=1S/C11H17N3O2S/c1-14(7-8-2-3-8)10-4-9(12)5-11(6-10)17(13,15)16/h4-6,8H,2-3,7,12H2,1H3,(H2,13,15,16). The van der Waals surface area contributed by atoms with Crippen LogP contribution >= 0.6 is 0 Å². The van der Waals surface area contributed by atoms with E-state index in [1.165, 1.54) is 18.9 Å². The highest BCUT2D eigenvalue weighted by Crippen LogP contribution is 2.31. The molecule has 0 atom stereocenters. The summed E-state index contributed by atoms with van der Waals surface area (Å²) in [5, 5.41) is 5.11. The Balaban J connectivity index is 2.30. The molecule has 1 aromatic rings. The van der Waals surface area contributed by atoms with Gasteiger partial charge in [-0.05, 0) is 37.0 Å². The molecule has 1 fully saturated rings. The molecule has 1 aromatic carbocycles. The number of hydrogen-bond donors (Lipinski definition) is 2. The average Bonchev–Trinajstić information content (AvgIpc) is 2.99. The molecule has 6 heteroatoms. The molecule has 0 unspecified atom stereocenters. The zero-order valence-electron chi connectivity index (χ0n) is 9.76. The lowest BCUT2D eigenvalue weighted by atomic mass is 10.2. The maximum atomic E-state index is 11.3. The van der Waals surface area contributed by atoms with Gasteiger partial charge in [-0.15, -0.1) is 0 Å². The summed E-state index contributed by atoms with van der Waals surface area (Å²) in [4.78, 5) is 2.08. The Hall–Kier alpha value is -1.27. The van der Waals surface area contributed by atoms with Crippen molar-refractivity contribution in [3.63, 3.8) is 0 Å². The smallest absolute Gasteiger partial charge is 0.238 e. The molecule has 1 aliphatic rings. The van der Waals surface area contributed by atoms with Gasteiger partial charge in [0.15, 0.2) is 0 Å². The molecule has 94 valence electrons. The van der Waals surface area contributed by atoms with Crippen LogP contribution in [0.2, 0.25) is 0 Å². The first-order chi connectivity index (χ1) is 7.86. The number of nitrogens with zero attached hydrogens (tertiary/aromatic N) is 1. The Kier molecular flexibility index (Phi) is 3.01. The second kappa shape index (κ2) is 4.19. The molecule has 0 heterocycles. The number of sulfonamides is 1. The number of nitrogen functional groups attached to an aromatic ring is 1. The third-order valence-electron chi connectivity index (χ3n) is 2.91. The summed E-state index contributed by atoms with van der Waals surface area (Å²) in [6.07, 6.45) is 2.49. The Bertz CT molecular complexity index is 524. The third kappa shape index (κ3) is 3.10. The van der Waals surface area contributed by atoms with Crippen molar-refractivity contribution in [1.82, 2.24) is 0 Å². The zero-order valence-corrected chi connectivity index (χ0v) is 10.6. The van der Waals surface area contributed by atoms with Crippen molar-refractivity contribution in [2.45, 2.75) is 17.7 Å². The fraction of sp³-hybridized carbons (Fsp3) is 0.455. The fourth-order valence-electron chi connectivity index (χ4n) is 1.78. The van der Waals surface area contributed by atoms with Crippen LogP contribution < -0.4 is 15.8 Å². The molecular formula is C11H17N3O2S. The largest absolute Gasteiger partial charge is 0.399 e. The minimum atomic E-state index is -3.70. The van der Waals surface area contributed by atoms with E-state index < -0.39 is 10.0 Å². The van der Waals surface area contributed by atoms with Gasteiger partial charge in [0.25, 0.3) is 0 Å². The molecule has 0 saturated heterocycles. The van der Waals surface area contributed by atoms with Crippen LogP contribution in [0.15, 0.2) is 23.1 Å². The highest BCUT2D eigenvalue weighted by atomic mass is 32.2. The number of benzene rings is 1. The highest BCUT2D eigenvalue weighted by Gasteiger charge is 2.23. The van der Waals surface area contributed by atoms with Crippen LogP contribution in [0.5, 0.6) is 0 Å². The van der Waals surface area contributed by atoms with E-state index in [-0.39, 0.29) is 4.90 Å². The average molecular weight is 255 g/mol. The van der Waals surface area contributed by atoms with Crippen molar-refractivity contribution in [1.29, 1.82) is 0 Å². The number of anilines is 2. The van der Waals surface area contributed by atoms with E-state index in [2.05, 4.69) is 0 Å². The van der Waals surface area contributed by atoms with Crippen LogP contribution in [0.1, 0.15) is 12.8 Å². The van der Waals surface area contributed by atoms with Crippen LogP contribution in [0.25, 0.3) is 0 Å². The molecule has 0 aromatic heterocycles. The molecule has 17 heavy (non-hydrogen) atoms. The van der Waals surface area contributed by atoms with Gasteiger partial charge in [0.1, 0.15) is 0 Å². The molecule has 0 bridgehead atoms. The zero-order chi connectivity index (χ0) is 12.6. The quantitative estimate of drug-likeness (QED) is 0.777. The summed E-state index contributed by atoms with van der Waals surface area (Å²) in [5.41, 5.74) is 6.90. The van der Waals surface area contributed by atoms with E-state index in [1.807, 2.05) is 11.9 Å². The van der Waals surface area contributed by atoms with Crippen LogP contribution in [0.4, 0.5) is 11.4 Å². The Labute approximate surface area is 101 Å². The van der Waals surface area contributed by atoms with E-state index in [1.54, 1.807) is 12.1 Å². The topological polar surface area (TPSA) is 89.4 Å². The lowest BCUT2D eigenvalue weighted by Crippen LogP contribution is -2.21. The van der Waals surface area contributed by atoms with E-state index in [0.29, 0.717) is 5.69 Å². The minimum Gasteiger partial charge on any atom is -0.399 e. The molecule has 4 N–H and O–H groups in total. The van der Waals surface area contributed by atoms with E-state index in [0.717, 1.165) is 18.2 Å². The van der Waals surface area contributed by atoms with Gasteiger partial charge >= 0.3 is 0 Å². The van der Waals surface area contributed by atoms with Gasteiger partial charge in [-0.2, -0.15) is 0 Å². The number of hydrogen-bond acceptors (Lipinski definition) is 4. The number of rotatable bonds is 4. The summed E-state index contributed by atoms with van der Waals surface area (Å²) >= 11 is 0. The van der Waals surface area contributed by atoms with Crippen molar-refractivity contribution >= 4 is 21.4 Å². The molecular weight excluding hydrogens is 238 g/mol. The second-order valence-electron chi connectivity index (χ2n) is 4.63. The van der Waals surface area contributed by atoms with Gasteiger partial charge in [-0.3, -0.25) is 0 Å². The molecule has 1 aliphatic carbocycles. The van der Waals surface area contributed by atoms with Crippen LogP contribution in [0.3, 0.4) is 0 Å². The maximum Gasteiger partial charge on any atom is 0.238 e. The Morgan fingerprint density at radius 1 is 1.35 bits per heavy atom. The number of nitrogens with two attached hydrogens (primary N) is 2. The van der Waals surface area contributed by atoms with Gasteiger partial charge in [-0.1, -0.05) is 0 Å². The van der Waals surface area contributed by atoms with Crippen molar-refractivity contribution in [2.75, 3.05) is 24.2 Å². The summed E-state index contributed by atoms with van der Waals surface area (Å²) in [6.45, 7) is 0.924. The van der Waals surface area contributed by atoms with E-state index >= 15 is 0 Å². The predicted octanol–water partition coefficient (Wildman–Crippen LogP) is 0.762. The molecule has 2 rings (SSSR count). The molecule has 0 amide bonds. The summed E-state index contributed by atoms with van der Waals surface area (Å²) in [5.74, 6) is 0.722. The van der Waals surface area contributed by atoms with Gasteiger partial charge < -0.3 is 10.6 Å². The summed E-state index contributed by atoms with van der Waals surface area (Å²) < 4.78 is 22.6. The SMILES string of the molecule is CN(CC1CC1)c1cc(N)cc(S(N)(=O)=O)c1. The van der Waals surface area contributed by atoms with Gasteiger partial charge in [0.05, 0.1) is 4.90 Å². The lowest BCUT2D eigenvalue weighted by molar-refractivity contribution is 0.598. The highest BCUT2D eigenvalue weighted by molar-refractivity contribution is 7.89. The van der Waals surface area contributed by atoms with E-state index in [9.17, 15) is 8.42 Å². The normalized spacial score (nSPS) is 15.9. The molecule has 0 aliphatic heterocycles. The predicted molar refractivity (Wildman–Crippen MR) is 68.2 cm³/mol. The monoisotopic (exact) mass is 255 g/mol. The van der Waals surface area contributed by atoms with Gasteiger partial charge in [0.2, 0.25) is 10.0 Å². The van der Waals surface area contributed by atoms with Crippen molar-refractivity contribution in [3.05, 3.63) is 18.2 Å². The lowest BCUT2D eigenvalue weighted by Gasteiger charge is -2.20. The van der Waals surface area contributed by atoms with E-state index in [4.69, 9.17) is 10.9 Å². The van der Waals surface area contributed by atoms with Crippen LogP contribution in [-0.4, -0.2) is 22.0 Å². The van der Waals surface area contributed by atoms with Crippen molar-refractivity contribution in [3.8, 4) is 0 Å². The van der Waals surface area contributed by atoms with Crippen LogP contribution in [-0.2, 0) is 10.0 Å². The molecule has 0 radical (unpaired) electrons. The number of primary sulfonamides is 1. The first-order valence-electron chi connectivity index (χ1n) is 5.51. The summed E-state index contributed by atoms with van der Waals surface area (Å²) in [7, 11) is -1.77. The Morgan fingerprint density at radius 2 is 2.00 bits per heavy atom. The Morgan fingerprint density at radius 3 is 2.53 bits per heavy atom.